The Hall–Kier alpha value is -2.22. The molecule has 2 heterocycles. The highest BCUT2D eigenvalue weighted by Crippen LogP contribution is 2.16. The van der Waals surface area contributed by atoms with Crippen molar-refractivity contribution >= 4 is 23.2 Å². The zero-order chi connectivity index (χ0) is 19.1. The molecule has 0 bridgehead atoms. The fourth-order valence-electron chi connectivity index (χ4n) is 3.00. The number of hydrogen-bond donors (Lipinski definition) is 2. The van der Waals surface area contributed by atoms with Crippen LogP contribution < -0.4 is 10.6 Å². The maximum Gasteiger partial charge on any atom is 0.261 e. The Morgan fingerprint density at radius 1 is 1.11 bits per heavy atom. The zero-order valence-corrected chi connectivity index (χ0v) is 16.2. The van der Waals surface area contributed by atoms with Crippen molar-refractivity contribution in [1.29, 1.82) is 0 Å². The minimum absolute atomic E-state index is 0.141. The summed E-state index contributed by atoms with van der Waals surface area (Å²) in [6.07, 6.45) is 0. The van der Waals surface area contributed by atoms with Crippen LogP contribution in [0, 0.1) is 0 Å². The molecule has 1 aliphatic heterocycles. The lowest BCUT2D eigenvalue weighted by molar-refractivity contribution is -0.123. The van der Waals surface area contributed by atoms with E-state index >= 15 is 0 Å². The van der Waals surface area contributed by atoms with Gasteiger partial charge in [0.1, 0.15) is 6.04 Å². The first-order valence-corrected chi connectivity index (χ1v) is 10.0. The second kappa shape index (κ2) is 9.64. The Labute approximate surface area is 163 Å². The quantitative estimate of drug-likeness (QED) is 0.763. The maximum atomic E-state index is 12.7. The molecule has 0 aliphatic carbocycles. The van der Waals surface area contributed by atoms with Crippen molar-refractivity contribution in [2.24, 2.45) is 0 Å². The van der Waals surface area contributed by atoms with Crippen LogP contribution in [-0.4, -0.2) is 55.6 Å². The van der Waals surface area contributed by atoms with E-state index in [-0.39, 0.29) is 17.9 Å². The van der Waals surface area contributed by atoms with Crippen LogP contribution in [0.25, 0.3) is 0 Å². The van der Waals surface area contributed by atoms with Gasteiger partial charge < -0.3 is 15.4 Å². The van der Waals surface area contributed by atoms with Gasteiger partial charge in [-0.15, -0.1) is 11.3 Å². The monoisotopic (exact) mass is 387 g/mol. The third-order valence-electron chi connectivity index (χ3n) is 4.55. The molecule has 1 fully saturated rings. The number of morpholine rings is 1. The molecule has 7 heteroatoms. The van der Waals surface area contributed by atoms with Crippen LogP contribution in [0.5, 0.6) is 0 Å². The molecular formula is C20H25N3O3S. The number of benzene rings is 1. The van der Waals surface area contributed by atoms with E-state index in [1.807, 2.05) is 41.8 Å². The zero-order valence-electron chi connectivity index (χ0n) is 15.4. The highest BCUT2D eigenvalue weighted by molar-refractivity contribution is 7.12. The first-order chi connectivity index (χ1) is 13.1. The van der Waals surface area contributed by atoms with Crippen LogP contribution in [-0.2, 0) is 9.53 Å². The number of hydrogen-bond acceptors (Lipinski definition) is 5. The summed E-state index contributed by atoms with van der Waals surface area (Å²) in [5, 5.41) is 7.71. The van der Waals surface area contributed by atoms with Gasteiger partial charge in [0.25, 0.3) is 5.91 Å². The van der Waals surface area contributed by atoms with Gasteiger partial charge in [-0.1, -0.05) is 36.4 Å². The van der Waals surface area contributed by atoms with Crippen molar-refractivity contribution in [2.75, 3.05) is 32.8 Å². The number of ether oxygens (including phenoxy) is 1. The highest BCUT2D eigenvalue weighted by Gasteiger charge is 2.23. The molecule has 3 rings (SSSR count). The SMILES string of the molecule is CC(NC(=O)c1cccs1)C(=O)NC(CN1CCOCC1)c1ccccc1. The molecule has 144 valence electrons. The van der Waals surface area contributed by atoms with Crippen LogP contribution in [0.3, 0.4) is 0 Å². The largest absolute Gasteiger partial charge is 0.379 e. The van der Waals surface area contributed by atoms with Crippen LogP contribution in [0.1, 0.15) is 28.2 Å². The third-order valence-corrected chi connectivity index (χ3v) is 5.42. The van der Waals surface area contributed by atoms with Crippen molar-refractivity contribution in [3.8, 4) is 0 Å². The molecule has 2 N–H and O–H groups in total. The van der Waals surface area contributed by atoms with Gasteiger partial charge in [0, 0.05) is 19.6 Å². The molecule has 1 aromatic carbocycles. The smallest absolute Gasteiger partial charge is 0.261 e. The number of carbonyl (C=O) groups excluding carboxylic acids is 2. The summed E-state index contributed by atoms with van der Waals surface area (Å²) in [6.45, 7) is 5.54. The molecule has 0 radical (unpaired) electrons. The van der Waals surface area contributed by atoms with E-state index in [9.17, 15) is 9.59 Å². The Morgan fingerprint density at radius 2 is 1.85 bits per heavy atom. The van der Waals surface area contributed by atoms with Crippen molar-refractivity contribution in [1.82, 2.24) is 15.5 Å². The molecule has 1 saturated heterocycles. The van der Waals surface area contributed by atoms with E-state index in [1.165, 1.54) is 11.3 Å². The fraction of sp³-hybridized carbons (Fsp3) is 0.400. The molecule has 2 atom stereocenters. The minimum Gasteiger partial charge on any atom is -0.379 e. The lowest BCUT2D eigenvalue weighted by Gasteiger charge is -2.31. The summed E-state index contributed by atoms with van der Waals surface area (Å²) >= 11 is 1.36. The van der Waals surface area contributed by atoms with E-state index in [0.29, 0.717) is 24.6 Å². The number of amides is 2. The lowest BCUT2D eigenvalue weighted by Crippen LogP contribution is -2.48. The van der Waals surface area contributed by atoms with Crippen LogP contribution in [0.2, 0.25) is 0 Å². The van der Waals surface area contributed by atoms with E-state index in [1.54, 1.807) is 13.0 Å². The summed E-state index contributed by atoms with van der Waals surface area (Å²) < 4.78 is 5.41. The number of nitrogens with zero attached hydrogens (tertiary/aromatic N) is 1. The van der Waals surface area contributed by atoms with Crippen LogP contribution in [0.15, 0.2) is 47.8 Å². The molecule has 2 aromatic rings. The van der Waals surface area contributed by atoms with E-state index in [0.717, 1.165) is 18.7 Å². The van der Waals surface area contributed by atoms with Gasteiger partial charge in [-0.2, -0.15) is 0 Å². The number of nitrogens with one attached hydrogen (secondary N) is 2. The van der Waals surface area contributed by atoms with Gasteiger partial charge >= 0.3 is 0 Å². The Morgan fingerprint density at radius 3 is 2.52 bits per heavy atom. The average Bonchev–Trinajstić information content (AvgIpc) is 3.24. The fourth-order valence-corrected chi connectivity index (χ4v) is 3.63. The average molecular weight is 388 g/mol. The molecule has 27 heavy (non-hydrogen) atoms. The van der Waals surface area contributed by atoms with Gasteiger partial charge in [0.05, 0.1) is 24.1 Å². The summed E-state index contributed by atoms with van der Waals surface area (Å²) in [5.41, 5.74) is 1.05. The molecule has 0 saturated carbocycles. The predicted octanol–water partition coefficient (Wildman–Crippen LogP) is 2.06. The van der Waals surface area contributed by atoms with Gasteiger partial charge in [0.15, 0.2) is 0 Å². The van der Waals surface area contributed by atoms with E-state index < -0.39 is 6.04 Å². The summed E-state index contributed by atoms with van der Waals surface area (Å²) in [7, 11) is 0. The molecule has 2 unspecified atom stereocenters. The summed E-state index contributed by atoms with van der Waals surface area (Å²) in [6, 6.07) is 12.7. The van der Waals surface area contributed by atoms with E-state index in [2.05, 4.69) is 15.5 Å². The second-order valence-corrected chi connectivity index (χ2v) is 7.50. The molecular weight excluding hydrogens is 362 g/mol. The second-order valence-electron chi connectivity index (χ2n) is 6.56. The molecule has 2 amide bonds. The highest BCUT2D eigenvalue weighted by atomic mass is 32.1. The van der Waals surface area contributed by atoms with Gasteiger partial charge in [-0.25, -0.2) is 0 Å². The topological polar surface area (TPSA) is 70.7 Å². The molecule has 6 nitrogen and oxygen atoms in total. The maximum absolute atomic E-state index is 12.7. The first-order valence-electron chi connectivity index (χ1n) is 9.13. The summed E-state index contributed by atoms with van der Waals surface area (Å²) in [5.74, 6) is -0.417. The van der Waals surface area contributed by atoms with Crippen LogP contribution in [0.4, 0.5) is 0 Å². The van der Waals surface area contributed by atoms with Gasteiger partial charge in [-0.05, 0) is 23.9 Å². The van der Waals surface area contributed by atoms with Crippen molar-refractivity contribution in [3.63, 3.8) is 0 Å². The molecule has 0 spiro atoms. The standard InChI is InChI=1S/C20H25N3O3S/c1-15(21-20(25)18-8-5-13-27-18)19(24)22-17(16-6-3-2-4-7-16)14-23-9-11-26-12-10-23/h2-8,13,15,17H,9-12,14H2,1H3,(H,21,25)(H,22,24). The molecule has 1 aliphatic rings. The number of thiophene rings is 1. The lowest BCUT2D eigenvalue weighted by atomic mass is 10.1. The normalized spacial score (nSPS) is 17.1. The number of carbonyl (C=O) groups is 2. The van der Waals surface area contributed by atoms with Gasteiger partial charge in [-0.3, -0.25) is 14.5 Å². The Kier molecular flexibility index (Phi) is 6.98. The van der Waals surface area contributed by atoms with Crippen LogP contribution >= 0.6 is 11.3 Å². The van der Waals surface area contributed by atoms with Crippen molar-refractivity contribution in [3.05, 3.63) is 58.3 Å². The van der Waals surface area contributed by atoms with E-state index in [4.69, 9.17) is 4.74 Å². The first kappa shape index (κ1) is 19.5. The third kappa shape index (κ3) is 5.63. The predicted molar refractivity (Wildman–Crippen MR) is 106 cm³/mol. The minimum atomic E-state index is -0.615. The van der Waals surface area contributed by atoms with Crippen molar-refractivity contribution < 1.29 is 14.3 Å². The Bertz CT molecular complexity index is 730. The molecule has 1 aromatic heterocycles. The van der Waals surface area contributed by atoms with Crippen molar-refractivity contribution in [2.45, 2.75) is 19.0 Å². The summed E-state index contributed by atoms with van der Waals surface area (Å²) in [4.78, 5) is 27.8. The number of rotatable bonds is 7. The van der Waals surface area contributed by atoms with Gasteiger partial charge in [0.2, 0.25) is 5.91 Å². The Balaban J connectivity index is 1.63.